The van der Waals surface area contributed by atoms with Gasteiger partial charge < -0.3 is 16.0 Å². The fourth-order valence-electron chi connectivity index (χ4n) is 1.96. The maximum Gasteiger partial charge on any atom is 0.257 e. The second-order valence-electron chi connectivity index (χ2n) is 4.94. The average Bonchev–Trinajstić information content (AvgIpc) is 2.41. The molecule has 4 heteroatoms. The van der Waals surface area contributed by atoms with Crippen LogP contribution in [0.25, 0.3) is 0 Å². The van der Waals surface area contributed by atoms with Crippen LogP contribution >= 0.6 is 0 Å². The number of amides is 1. The number of nitrogens with one attached hydrogen (secondary N) is 1. The molecule has 2 rings (SSSR count). The van der Waals surface area contributed by atoms with E-state index in [9.17, 15) is 4.79 Å². The highest BCUT2D eigenvalue weighted by Crippen LogP contribution is 2.22. The molecule has 0 heterocycles. The van der Waals surface area contributed by atoms with Gasteiger partial charge in [-0.1, -0.05) is 12.1 Å². The molecule has 1 amide bonds. The molecule has 0 aliphatic heterocycles. The Bertz CT molecular complexity index is 635. The third kappa shape index (κ3) is 2.91. The van der Waals surface area contributed by atoms with E-state index < -0.39 is 0 Å². The largest absolute Gasteiger partial charge is 0.398 e. The zero-order valence-corrected chi connectivity index (χ0v) is 12.0. The minimum atomic E-state index is -0.191. The van der Waals surface area contributed by atoms with Crippen LogP contribution in [0.3, 0.4) is 0 Å². The number of benzene rings is 2. The van der Waals surface area contributed by atoms with Gasteiger partial charge in [0.25, 0.3) is 5.91 Å². The summed E-state index contributed by atoms with van der Waals surface area (Å²) in [6, 6.07) is 12.9. The number of nitrogen functional groups attached to an aromatic ring is 1. The highest BCUT2D eigenvalue weighted by Gasteiger charge is 2.10. The van der Waals surface area contributed by atoms with Crippen LogP contribution in [-0.2, 0) is 0 Å². The first kappa shape index (κ1) is 13.9. The van der Waals surface area contributed by atoms with Gasteiger partial charge in [0.15, 0.2) is 0 Å². The van der Waals surface area contributed by atoms with E-state index in [1.165, 1.54) is 0 Å². The van der Waals surface area contributed by atoms with E-state index >= 15 is 0 Å². The maximum absolute atomic E-state index is 12.2. The fraction of sp³-hybridized carbons (Fsp3) is 0.188. The van der Waals surface area contributed by atoms with Crippen LogP contribution in [0.2, 0.25) is 0 Å². The first-order chi connectivity index (χ1) is 9.49. The summed E-state index contributed by atoms with van der Waals surface area (Å²) in [7, 11) is 3.97. The van der Waals surface area contributed by atoms with Crippen LogP contribution in [0.15, 0.2) is 42.5 Å². The number of carbonyl (C=O) groups is 1. The normalized spacial score (nSPS) is 10.2. The topological polar surface area (TPSA) is 58.4 Å². The van der Waals surface area contributed by atoms with E-state index in [-0.39, 0.29) is 5.91 Å². The zero-order chi connectivity index (χ0) is 14.7. The summed E-state index contributed by atoms with van der Waals surface area (Å²) in [5.74, 6) is -0.191. The first-order valence-electron chi connectivity index (χ1n) is 6.43. The monoisotopic (exact) mass is 269 g/mol. The second kappa shape index (κ2) is 5.65. The summed E-state index contributed by atoms with van der Waals surface area (Å²) in [6.07, 6.45) is 0. The van der Waals surface area contributed by atoms with Gasteiger partial charge in [-0.2, -0.15) is 0 Å². The first-order valence-corrected chi connectivity index (χ1v) is 6.43. The molecule has 2 aromatic carbocycles. The van der Waals surface area contributed by atoms with Crippen molar-refractivity contribution >= 4 is 23.0 Å². The van der Waals surface area contributed by atoms with Crippen molar-refractivity contribution in [2.45, 2.75) is 6.92 Å². The number of para-hydroxylation sites is 1. The van der Waals surface area contributed by atoms with E-state index in [0.717, 1.165) is 16.9 Å². The molecule has 0 unspecified atom stereocenters. The van der Waals surface area contributed by atoms with Crippen molar-refractivity contribution in [3.8, 4) is 0 Å². The van der Waals surface area contributed by atoms with Crippen molar-refractivity contribution in [3.05, 3.63) is 53.6 Å². The third-order valence-electron chi connectivity index (χ3n) is 3.18. The molecule has 0 aliphatic carbocycles. The molecule has 0 saturated heterocycles. The number of aryl methyl sites for hydroxylation is 1. The average molecular weight is 269 g/mol. The van der Waals surface area contributed by atoms with Gasteiger partial charge in [0.2, 0.25) is 0 Å². The highest BCUT2D eigenvalue weighted by atomic mass is 16.1. The molecule has 20 heavy (non-hydrogen) atoms. The maximum atomic E-state index is 12.2. The van der Waals surface area contributed by atoms with Gasteiger partial charge in [-0.15, -0.1) is 0 Å². The van der Waals surface area contributed by atoms with Gasteiger partial charge in [0.05, 0.1) is 5.56 Å². The lowest BCUT2D eigenvalue weighted by molar-refractivity contribution is 0.102. The molecular weight excluding hydrogens is 250 g/mol. The number of hydrogen-bond acceptors (Lipinski definition) is 3. The molecule has 0 bridgehead atoms. The Morgan fingerprint density at radius 2 is 1.85 bits per heavy atom. The van der Waals surface area contributed by atoms with E-state index in [2.05, 4.69) is 5.32 Å². The Morgan fingerprint density at radius 1 is 1.15 bits per heavy atom. The molecule has 104 valence electrons. The Morgan fingerprint density at radius 3 is 2.45 bits per heavy atom. The molecule has 0 radical (unpaired) electrons. The molecule has 0 atom stereocenters. The standard InChI is InChI=1S/C16H19N3O/c1-11-10-12(19(2)3)8-9-15(11)18-16(20)13-6-4-5-7-14(13)17/h4-10H,17H2,1-3H3,(H,18,20). The molecular formula is C16H19N3O. The fourth-order valence-corrected chi connectivity index (χ4v) is 1.96. The van der Waals surface area contributed by atoms with Gasteiger partial charge in [-0.3, -0.25) is 4.79 Å². The highest BCUT2D eigenvalue weighted by molar-refractivity contribution is 6.08. The van der Waals surface area contributed by atoms with E-state index in [0.29, 0.717) is 11.3 Å². The zero-order valence-electron chi connectivity index (χ0n) is 12.0. The smallest absolute Gasteiger partial charge is 0.257 e. The third-order valence-corrected chi connectivity index (χ3v) is 3.18. The van der Waals surface area contributed by atoms with Crippen LogP contribution in [0, 0.1) is 6.92 Å². The minimum absolute atomic E-state index is 0.191. The van der Waals surface area contributed by atoms with Crippen LogP contribution in [0.5, 0.6) is 0 Å². The van der Waals surface area contributed by atoms with Gasteiger partial charge in [0, 0.05) is 31.2 Å². The van der Waals surface area contributed by atoms with Crippen LogP contribution in [-0.4, -0.2) is 20.0 Å². The molecule has 0 fully saturated rings. The van der Waals surface area contributed by atoms with Crippen molar-refractivity contribution in [3.63, 3.8) is 0 Å². The van der Waals surface area contributed by atoms with Crippen molar-refractivity contribution in [2.24, 2.45) is 0 Å². The SMILES string of the molecule is Cc1cc(N(C)C)ccc1NC(=O)c1ccccc1N. The Labute approximate surface area is 119 Å². The summed E-state index contributed by atoms with van der Waals surface area (Å²) >= 11 is 0. The van der Waals surface area contributed by atoms with Crippen LogP contribution < -0.4 is 16.0 Å². The van der Waals surface area contributed by atoms with Gasteiger partial charge >= 0.3 is 0 Å². The van der Waals surface area contributed by atoms with E-state index in [1.807, 2.05) is 50.2 Å². The summed E-state index contributed by atoms with van der Waals surface area (Å²) in [6.45, 7) is 1.97. The number of carbonyl (C=O) groups excluding carboxylic acids is 1. The molecule has 0 saturated carbocycles. The van der Waals surface area contributed by atoms with Gasteiger partial charge in [0.1, 0.15) is 0 Å². The molecule has 4 nitrogen and oxygen atoms in total. The number of nitrogens with two attached hydrogens (primary N) is 1. The predicted octanol–water partition coefficient (Wildman–Crippen LogP) is 2.90. The lowest BCUT2D eigenvalue weighted by Gasteiger charge is -2.15. The Balaban J connectivity index is 2.22. The Hall–Kier alpha value is -2.49. The molecule has 0 aromatic heterocycles. The summed E-state index contributed by atoms with van der Waals surface area (Å²) < 4.78 is 0. The summed E-state index contributed by atoms with van der Waals surface area (Å²) in [5, 5.41) is 2.90. The number of hydrogen-bond donors (Lipinski definition) is 2. The second-order valence-corrected chi connectivity index (χ2v) is 4.94. The predicted molar refractivity (Wildman–Crippen MR) is 84.3 cm³/mol. The van der Waals surface area contributed by atoms with Crippen molar-refractivity contribution in [1.82, 2.24) is 0 Å². The number of nitrogens with zero attached hydrogens (tertiary/aromatic N) is 1. The van der Waals surface area contributed by atoms with Crippen molar-refractivity contribution < 1.29 is 4.79 Å². The van der Waals surface area contributed by atoms with Crippen molar-refractivity contribution in [2.75, 3.05) is 30.0 Å². The van der Waals surface area contributed by atoms with Crippen LogP contribution in [0.1, 0.15) is 15.9 Å². The minimum Gasteiger partial charge on any atom is -0.398 e. The molecule has 0 spiro atoms. The number of rotatable bonds is 3. The van der Waals surface area contributed by atoms with Crippen molar-refractivity contribution in [1.29, 1.82) is 0 Å². The summed E-state index contributed by atoms with van der Waals surface area (Å²) in [4.78, 5) is 14.2. The van der Waals surface area contributed by atoms with Gasteiger partial charge in [-0.05, 0) is 42.8 Å². The Kier molecular flexibility index (Phi) is 3.94. The molecule has 2 aromatic rings. The van der Waals surface area contributed by atoms with Gasteiger partial charge in [-0.25, -0.2) is 0 Å². The lowest BCUT2D eigenvalue weighted by Crippen LogP contribution is -2.15. The molecule has 0 aliphatic rings. The van der Waals surface area contributed by atoms with E-state index in [1.54, 1.807) is 18.2 Å². The van der Waals surface area contributed by atoms with Crippen LogP contribution in [0.4, 0.5) is 17.1 Å². The van der Waals surface area contributed by atoms with E-state index in [4.69, 9.17) is 5.73 Å². The lowest BCUT2D eigenvalue weighted by atomic mass is 10.1. The quantitative estimate of drug-likeness (QED) is 0.842. The molecule has 3 N–H and O–H groups in total. The summed E-state index contributed by atoms with van der Waals surface area (Å²) in [5.41, 5.74) is 9.68. The number of anilines is 3.